The molecule has 0 bridgehead atoms. The minimum Gasteiger partial charge on any atom is -0.493 e. The monoisotopic (exact) mass is 264 g/mol. The summed E-state index contributed by atoms with van der Waals surface area (Å²) in [6, 6.07) is 3.96. The van der Waals surface area contributed by atoms with E-state index in [-0.39, 0.29) is 0 Å². The molecule has 0 saturated carbocycles. The molecule has 2 rings (SSSR count). The number of hydrogen-bond donors (Lipinski definition) is 1. The second-order valence-corrected chi connectivity index (χ2v) is 5.03. The van der Waals surface area contributed by atoms with Crippen LogP contribution < -0.4 is 10.1 Å². The van der Waals surface area contributed by atoms with Gasteiger partial charge in [0.15, 0.2) is 0 Å². The Balaban J connectivity index is 1.77. The van der Waals surface area contributed by atoms with E-state index in [0.717, 1.165) is 63.6 Å². The molecule has 1 aliphatic heterocycles. The third kappa shape index (κ3) is 5.17. The van der Waals surface area contributed by atoms with E-state index >= 15 is 0 Å². The van der Waals surface area contributed by atoms with Crippen LogP contribution in [0.1, 0.15) is 31.9 Å². The van der Waals surface area contributed by atoms with Crippen LogP contribution in [0.4, 0.5) is 0 Å². The van der Waals surface area contributed by atoms with Crippen molar-refractivity contribution in [3.63, 3.8) is 0 Å². The number of ether oxygens (including phenoxy) is 2. The van der Waals surface area contributed by atoms with Crippen molar-refractivity contribution in [2.75, 3.05) is 26.4 Å². The predicted octanol–water partition coefficient (Wildman–Crippen LogP) is 2.39. The standard InChI is InChI=1S/C15H24N2O2/c1-2-6-16-11-14-10-15(3-7-17-14)19-12-13-4-8-18-9-5-13/h3,7,10,13,16H,2,4-6,8-9,11-12H2,1H3. The van der Waals surface area contributed by atoms with Crippen LogP contribution in [0.3, 0.4) is 0 Å². The van der Waals surface area contributed by atoms with E-state index in [4.69, 9.17) is 9.47 Å². The van der Waals surface area contributed by atoms with E-state index < -0.39 is 0 Å². The van der Waals surface area contributed by atoms with Gasteiger partial charge in [0.1, 0.15) is 5.75 Å². The number of nitrogens with zero attached hydrogens (tertiary/aromatic N) is 1. The lowest BCUT2D eigenvalue weighted by Crippen LogP contribution is -2.21. The highest BCUT2D eigenvalue weighted by molar-refractivity contribution is 5.22. The highest BCUT2D eigenvalue weighted by Gasteiger charge is 2.14. The summed E-state index contributed by atoms with van der Waals surface area (Å²) in [7, 11) is 0. The molecule has 1 aromatic rings. The van der Waals surface area contributed by atoms with Gasteiger partial charge in [-0.2, -0.15) is 0 Å². The minimum absolute atomic E-state index is 0.628. The Kier molecular flexibility index (Phi) is 6.11. The molecular formula is C15H24N2O2. The fourth-order valence-electron chi connectivity index (χ4n) is 2.16. The molecule has 0 radical (unpaired) electrons. The van der Waals surface area contributed by atoms with Crippen LogP contribution in [0.2, 0.25) is 0 Å². The molecule has 4 heteroatoms. The molecule has 1 saturated heterocycles. The summed E-state index contributed by atoms with van der Waals surface area (Å²) >= 11 is 0. The number of hydrogen-bond acceptors (Lipinski definition) is 4. The summed E-state index contributed by atoms with van der Waals surface area (Å²) in [5, 5.41) is 3.35. The summed E-state index contributed by atoms with van der Waals surface area (Å²) in [6.07, 6.45) is 5.17. The normalized spacial score (nSPS) is 16.5. The van der Waals surface area contributed by atoms with Crippen LogP contribution >= 0.6 is 0 Å². The number of pyridine rings is 1. The van der Waals surface area contributed by atoms with Gasteiger partial charge in [0, 0.05) is 32.0 Å². The minimum atomic E-state index is 0.628. The molecule has 1 aliphatic rings. The van der Waals surface area contributed by atoms with Crippen molar-refractivity contribution in [3.8, 4) is 5.75 Å². The molecule has 106 valence electrons. The zero-order chi connectivity index (χ0) is 13.3. The van der Waals surface area contributed by atoms with Gasteiger partial charge in [-0.15, -0.1) is 0 Å². The largest absolute Gasteiger partial charge is 0.493 e. The molecule has 0 atom stereocenters. The van der Waals surface area contributed by atoms with Gasteiger partial charge in [-0.3, -0.25) is 4.98 Å². The van der Waals surface area contributed by atoms with Crippen LogP contribution in [-0.2, 0) is 11.3 Å². The summed E-state index contributed by atoms with van der Waals surface area (Å²) in [5.74, 6) is 1.55. The van der Waals surface area contributed by atoms with Gasteiger partial charge in [-0.1, -0.05) is 6.92 Å². The van der Waals surface area contributed by atoms with Gasteiger partial charge in [-0.25, -0.2) is 0 Å². The first kappa shape index (κ1) is 14.3. The zero-order valence-electron chi connectivity index (χ0n) is 11.7. The van der Waals surface area contributed by atoms with Gasteiger partial charge >= 0.3 is 0 Å². The Morgan fingerprint density at radius 3 is 3.05 bits per heavy atom. The zero-order valence-corrected chi connectivity index (χ0v) is 11.7. The lowest BCUT2D eigenvalue weighted by molar-refractivity contribution is 0.0497. The molecule has 0 aromatic carbocycles. The van der Waals surface area contributed by atoms with Crippen LogP contribution in [-0.4, -0.2) is 31.3 Å². The van der Waals surface area contributed by atoms with Gasteiger partial charge in [0.05, 0.1) is 12.3 Å². The molecule has 19 heavy (non-hydrogen) atoms. The molecule has 0 unspecified atom stereocenters. The quantitative estimate of drug-likeness (QED) is 0.768. The average Bonchev–Trinajstić information content (AvgIpc) is 2.47. The SMILES string of the molecule is CCCNCc1cc(OCC2CCOCC2)ccn1. The summed E-state index contributed by atoms with van der Waals surface area (Å²) in [5.41, 5.74) is 1.04. The lowest BCUT2D eigenvalue weighted by atomic mass is 10.0. The second kappa shape index (κ2) is 8.12. The Hall–Kier alpha value is -1.13. The van der Waals surface area contributed by atoms with Crippen LogP contribution in [0.5, 0.6) is 5.75 Å². The Morgan fingerprint density at radius 2 is 2.26 bits per heavy atom. The Morgan fingerprint density at radius 1 is 1.42 bits per heavy atom. The molecule has 0 amide bonds. The summed E-state index contributed by atoms with van der Waals surface area (Å²) < 4.78 is 11.2. The fraction of sp³-hybridized carbons (Fsp3) is 0.667. The first-order valence-electron chi connectivity index (χ1n) is 7.24. The van der Waals surface area contributed by atoms with Crippen LogP contribution in [0, 0.1) is 5.92 Å². The molecule has 1 fully saturated rings. The fourth-order valence-corrected chi connectivity index (χ4v) is 2.16. The molecule has 0 spiro atoms. The maximum absolute atomic E-state index is 5.87. The van der Waals surface area contributed by atoms with E-state index in [0.29, 0.717) is 5.92 Å². The lowest BCUT2D eigenvalue weighted by Gasteiger charge is -2.22. The topological polar surface area (TPSA) is 43.4 Å². The van der Waals surface area contributed by atoms with Crippen molar-refractivity contribution in [2.24, 2.45) is 5.92 Å². The Labute approximate surface area is 115 Å². The Bertz CT molecular complexity index is 365. The number of nitrogens with one attached hydrogen (secondary N) is 1. The van der Waals surface area contributed by atoms with E-state index in [1.165, 1.54) is 0 Å². The van der Waals surface area contributed by atoms with Crippen molar-refractivity contribution in [1.29, 1.82) is 0 Å². The van der Waals surface area contributed by atoms with E-state index in [2.05, 4.69) is 17.2 Å². The van der Waals surface area contributed by atoms with Crippen molar-refractivity contribution in [2.45, 2.75) is 32.7 Å². The third-order valence-electron chi connectivity index (χ3n) is 3.35. The highest BCUT2D eigenvalue weighted by atomic mass is 16.5. The first-order valence-corrected chi connectivity index (χ1v) is 7.24. The molecule has 1 N–H and O–H groups in total. The van der Waals surface area contributed by atoms with E-state index in [9.17, 15) is 0 Å². The van der Waals surface area contributed by atoms with Gasteiger partial charge in [0.25, 0.3) is 0 Å². The number of aromatic nitrogens is 1. The molecule has 1 aromatic heterocycles. The summed E-state index contributed by atoms with van der Waals surface area (Å²) in [6.45, 7) is 6.52. The van der Waals surface area contributed by atoms with Crippen molar-refractivity contribution >= 4 is 0 Å². The maximum atomic E-state index is 5.87. The van der Waals surface area contributed by atoms with E-state index in [1.807, 2.05) is 18.3 Å². The van der Waals surface area contributed by atoms with Crippen LogP contribution in [0.15, 0.2) is 18.3 Å². The van der Waals surface area contributed by atoms with Crippen molar-refractivity contribution < 1.29 is 9.47 Å². The first-order chi connectivity index (χ1) is 9.38. The highest BCUT2D eigenvalue weighted by Crippen LogP contribution is 2.18. The van der Waals surface area contributed by atoms with E-state index in [1.54, 1.807) is 0 Å². The third-order valence-corrected chi connectivity index (χ3v) is 3.35. The van der Waals surface area contributed by atoms with Gasteiger partial charge in [0.2, 0.25) is 0 Å². The smallest absolute Gasteiger partial charge is 0.122 e. The van der Waals surface area contributed by atoms with Crippen molar-refractivity contribution in [3.05, 3.63) is 24.0 Å². The number of rotatable bonds is 7. The molecule has 0 aliphatic carbocycles. The van der Waals surface area contributed by atoms with Crippen LogP contribution in [0.25, 0.3) is 0 Å². The van der Waals surface area contributed by atoms with Gasteiger partial charge in [-0.05, 0) is 37.8 Å². The average molecular weight is 264 g/mol. The summed E-state index contributed by atoms with van der Waals surface area (Å²) in [4.78, 5) is 4.34. The maximum Gasteiger partial charge on any atom is 0.122 e. The molecule has 4 nitrogen and oxygen atoms in total. The molecule has 2 heterocycles. The van der Waals surface area contributed by atoms with Gasteiger partial charge < -0.3 is 14.8 Å². The predicted molar refractivity (Wildman–Crippen MR) is 75.3 cm³/mol. The molecular weight excluding hydrogens is 240 g/mol. The van der Waals surface area contributed by atoms with Crippen molar-refractivity contribution in [1.82, 2.24) is 10.3 Å². The second-order valence-electron chi connectivity index (χ2n) is 5.03.